The van der Waals surface area contributed by atoms with Crippen LogP contribution in [0.5, 0.6) is 0 Å². The normalized spacial score (nSPS) is 11.1. The van der Waals surface area contributed by atoms with Gasteiger partial charge >= 0.3 is 0 Å². The predicted octanol–water partition coefficient (Wildman–Crippen LogP) is 0.476. The number of rotatable bonds is 5. The summed E-state index contributed by atoms with van der Waals surface area (Å²) in [6.45, 7) is 1.54. The Morgan fingerprint density at radius 2 is 2.00 bits per heavy atom. The van der Waals surface area contributed by atoms with Gasteiger partial charge in [0.05, 0.1) is 17.9 Å². The van der Waals surface area contributed by atoms with Gasteiger partial charge in [-0.3, -0.25) is 9.52 Å². The second kappa shape index (κ2) is 4.98. The van der Waals surface area contributed by atoms with Crippen LogP contribution >= 0.6 is 0 Å². The molecule has 5 nitrogen and oxygen atoms in total. The van der Waals surface area contributed by atoms with Crippen molar-refractivity contribution in [3.05, 3.63) is 29.8 Å². The Balaban J connectivity index is 3.00. The summed E-state index contributed by atoms with van der Waals surface area (Å²) in [5.41, 5.74) is 6.06. The number of amides is 1. The summed E-state index contributed by atoms with van der Waals surface area (Å²) < 4.78 is 25.2. The Morgan fingerprint density at radius 1 is 1.38 bits per heavy atom. The predicted molar refractivity (Wildman–Crippen MR) is 62.4 cm³/mol. The molecule has 0 aliphatic heterocycles. The van der Waals surface area contributed by atoms with E-state index in [9.17, 15) is 13.2 Å². The molecular formula is C10H14N2O3S. The molecule has 0 fully saturated rings. The van der Waals surface area contributed by atoms with Crippen molar-refractivity contribution in [3.8, 4) is 0 Å². The Labute approximate surface area is 94.7 Å². The van der Waals surface area contributed by atoms with Gasteiger partial charge in [-0.1, -0.05) is 18.2 Å². The van der Waals surface area contributed by atoms with E-state index in [0.29, 0.717) is 11.3 Å². The average Bonchev–Trinajstić information content (AvgIpc) is 2.20. The lowest BCUT2D eigenvalue weighted by molar-refractivity contribution is -0.117. The molecule has 1 rings (SSSR count). The van der Waals surface area contributed by atoms with E-state index in [2.05, 4.69) is 4.72 Å². The first-order chi connectivity index (χ1) is 7.44. The number of sulfonamides is 1. The maximum Gasteiger partial charge on any atom is 0.232 e. The lowest BCUT2D eigenvalue weighted by atomic mass is 10.1. The number of primary amides is 1. The summed E-state index contributed by atoms with van der Waals surface area (Å²) in [5, 5.41) is 0. The van der Waals surface area contributed by atoms with Gasteiger partial charge in [0.2, 0.25) is 15.9 Å². The van der Waals surface area contributed by atoms with Crippen LogP contribution in [0, 0.1) is 0 Å². The van der Waals surface area contributed by atoms with Crippen LogP contribution in [0.1, 0.15) is 12.5 Å². The molecule has 0 aliphatic carbocycles. The van der Waals surface area contributed by atoms with E-state index in [4.69, 9.17) is 5.73 Å². The minimum absolute atomic E-state index is 0.0160. The minimum atomic E-state index is -3.33. The fourth-order valence-corrected chi connectivity index (χ4v) is 1.88. The third-order valence-corrected chi connectivity index (χ3v) is 3.32. The molecule has 0 atom stereocenters. The second-order valence-electron chi connectivity index (χ2n) is 3.31. The smallest absolute Gasteiger partial charge is 0.232 e. The molecule has 0 aliphatic rings. The number of benzene rings is 1. The van der Waals surface area contributed by atoms with Crippen LogP contribution in [-0.4, -0.2) is 20.1 Å². The quantitative estimate of drug-likeness (QED) is 0.786. The van der Waals surface area contributed by atoms with E-state index in [-0.39, 0.29) is 12.2 Å². The van der Waals surface area contributed by atoms with Gasteiger partial charge in [-0.15, -0.1) is 0 Å². The molecule has 88 valence electrons. The van der Waals surface area contributed by atoms with Gasteiger partial charge in [0.15, 0.2) is 0 Å². The fourth-order valence-electron chi connectivity index (χ4n) is 1.20. The van der Waals surface area contributed by atoms with Crippen molar-refractivity contribution in [2.75, 3.05) is 10.5 Å². The van der Waals surface area contributed by atoms with Crippen LogP contribution in [0.15, 0.2) is 24.3 Å². The third-order valence-electron chi connectivity index (χ3n) is 2.03. The highest BCUT2D eigenvalue weighted by Gasteiger charge is 2.10. The SMILES string of the molecule is CCS(=O)(=O)Nc1ccccc1CC(N)=O. The maximum atomic E-state index is 11.4. The van der Waals surface area contributed by atoms with Crippen LogP contribution in [-0.2, 0) is 21.2 Å². The lowest BCUT2D eigenvalue weighted by Gasteiger charge is -2.10. The fraction of sp³-hybridized carbons (Fsp3) is 0.300. The molecule has 6 heteroatoms. The van der Waals surface area contributed by atoms with E-state index in [0.717, 1.165) is 0 Å². The summed E-state index contributed by atoms with van der Waals surface area (Å²) in [6.07, 6.45) is 0.0163. The van der Waals surface area contributed by atoms with Crippen LogP contribution in [0.25, 0.3) is 0 Å². The van der Waals surface area contributed by atoms with Gasteiger partial charge in [0.25, 0.3) is 0 Å². The standard InChI is InChI=1S/C10H14N2O3S/c1-2-16(14,15)12-9-6-4-3-5-8(9)7-10(11)13/h3-6,12H,2,7H2,1H3,(H2,11,13). The van der Waals surface area contributed by atoms with E-state index in [1.807, 2.05) is 0 Å². The van der Waals surface area contributed by atoms with Crippen molar-refractivity contribution < 1.29 is 13.2 Å². The number of para-hydroxylation sites is 1. The summed E-state index contributed by atoms with van der Waals surface area (Å²) in [7, 11) is -3.33. The molecule has 0 aromatic heterocycles. The summed E-state index contributed by atoms with van der Waals surface area (Å²) in [6, 6.07) is 6.68. The first-order valence-electron chi connectivity index (χ1n) is 4.81. The maximum absolute atomic E-state index is 11.4. The van der Waals surface area contributed by atoms with Crippen molar-refractivity contribution in [1.29, 1.82) is 0 Å². The average molecular weight is 242 g/mol. The van der Waals surface area contributed by atoms with Gasteiger partial charge in [0, 0.05) is 0 Å². The van der Waals surface area contributed by atoms with Gasteiger partial charge in [-0.05, 0) is 18.6 Å². The molecule has 0 unspecified atom stereocenters. The molecule has 0 radical (unpaired) electrons. The van der Waals surface area contributed by atoms with Crippen LogP contribution < -0.4 is 10.5 Å². The molecule has 0 saturated carbocycles. The second-order valence-corrected chi connectivity index (χ2v) is 5.32. The highest BCUT2D eigenvalue weighted by atomic mass is 32.2. The van der Waals surface area contributed by atoms with Crippen molar-refractivity contribution >= 4 is 21.6 Å². The van der Waals surface area contributed by atoms with E-state index in [1.54, 1.807) is 31.2 Å². The number of anilines is 1. The van der Waals surface area contributed by atoms with Crippen LogP contribution in [0.4, 0.5) is 5.69 Å². The number of nitrogens with one attached hydrogen (secondary N) is 1. The first kappa shape index (κ1) is 12.5. The van der Waals surface area contributed by atoms with Crippen molar-refractivity contribution in [1.82, 2.24) is 0 Å². The monoisotopic (exact) mass is 242 g/mol. The number of nitrogens with two attached hydrogens (primary N) is 1. The Bertz CT molecular complexity index is 483. The molecule has 0 heterocycles. The molecule has 0 bridgehead atoms. The molecule has 3 N–H and O–H groups in total. The Morgan fingerprint density at radius 3 is 2.56 bits per heavy atom. The van der Waals surface area contributed by atoms with Gasteiger partial charge in [-0.2, -0.15) is 0 Å². The highest BCUT2D eigenvalue weighted by molar-refractivity contribution is 7.92. The van der Waals surface area contributed by atoms with Gasteiger partial charge in [0.1, 0.15) is 0 Å². The molecule has 1 aromatic rings. The topological polar surface area (TPSA) is 89.3 Å². The first-order valence-corrected chi connectivity index (χ1v) is 6.46. The van der Waals surface area contributed by atoms with Crippen molar-refractivity contribution in [2.45, 2.75) is 13.3 Å². The number of carbonyl (C=O) groups excluding carboxylic acids is 1. The highest BCUT2D eigenvalue weighted by Crippen LogP contribution is 2.16. The van der Waals surface area contributed by atoms with E-state index in [1.165, 1.54) is 0 Å². The summed E-state index contributed by atoms with van der Waals surface area (Å²) in [5.74, 6) is -0.513. The van der Waals surface area contributed by atoms with E-state index < -0.39 is 15.9 Å². The zero-order chi connectivity index (χ0) is 12.2. The third kappa shape index (κ3) is 3.54. The zero-order valence-corrected chi connectivity index (χ0v) is 9.75. The zero-order valence-electron chi connectivity index (χ0n) is 8.93. The van der Waals surface area contributed by atoms with Crippen molar-refractivity contribution in [3.63, 3.8) is 0 Å². The van der Waals surface area contributed by atoms with Gasteiger partial charge < -0.3 is 5.73 Å². The molecule has 1 aromatic carbocycles. The minimum Gasteiger partial charge on any atom is -0.369 e. The van der Waals surface area contributed by atoms with Gasteiger partial charge in [-0.25, -0.2) is 8.42 Å². The van der Waals surface area contributed by atoms with Crippen LogP contribution in [0.3, 0.4) is 0 Å². The molecule has 0 spiro atoms. The Kier molecular flexibility index (Phi) is 3.89. The molecule has 16 heavy (non-hydrogen) atoms. The molecule has 1 amide bonds. The number of hydrogen-bond donors (Lipinski definition) is 2. The lowest BCUT2D eigenvalue weighted by Crippen LogP contribution is -2.18. The Hall–Kier alpha value is -1.56. The molecular weight excluding hydrogens is 228 g/mol. The van der Waals surface area contributed by atoms with Crippen molar-refractivity contribution in [2.24, 2.45) is 5.73 Å². The summed E-state index contributed by atoms with van der Waals surface area (Å²) >= 11 is 0. The molecule has 0 saturated heterocycles. The number of carbonyl (C=O) groups is 1. The largest absolute Gasteiger partial charge is 0.369 e. The number of hydrogen-bond acceptors (Lipinski definition) is 3. The summed E-state index contributed by atoms with van der Waals surface area (Å²) in [4.78, 5) is 10.8. The van der Waals surface area contributed by atoms with Crippen LogP contribution in [0.2, 0.25) is 0 Å². The van der Waals surface area contributed by atoms with E-state index >= 15 is 0 Å².